The van der Waals surface area contributed by atoms with Gasteiger partial charge in [-0.1, -0.05) is 60.7 Å². The molecule has 0 radical (unpaired) electrons. The minimum atomic E-state index is -0.516. The van der Waals surface area contributed by atoms with Crippen molar-refractivity contribution < 1.29 is 14.3 Å². The number of ether oxygens (including phenoxy) is 2. The number of rotatable bonds is 6. The van der Waals surface area contributed by atoms with Crippen molar-refractivity contribution in [3.63, 3.8) is 0 Å². The van der Waals surface area contributed by atoms with Crippen molar-refractivity contribution in [1.29, 1.82) is 5.26 Å². The quantitative estimate of drug-likeness (QED) is 0.499. The molecule has 0 aromatic heterocycles. The first kappa shape index (κ1) is 17.2. The predicted octanol–water partition coefficient (Wildman–Crippen LogP) is 4.13. The third kappa shape index (κ3) is 4.49. The molecule has 0 saturated heterocycles. The predicted molar refractivity (Wildman–Crippen MR) is 98.0 cm³/mol. The zero-order valence-electron chi connectivity index (χ0n) is 14.1. The molecule has 4 nitrogen and oxygen atoms in total. The van der Waals surface area contributed by atoms with E-state index in [0.717, 1.165) is 11.1 Å². The van der Waals surface area contributed by atoms with Crippen LogP contribution in [0.25, 0.3) is 0 Å². The maximum absolute atomic E-state index is 12.2. The molecule has 0 N–H and O–H groups in total. The first-order valence-corrected chi connectivity index (χ1v) is 8.20. The Morgan fingerprint density at radius 3 is 2.27 bits per heavy atom. The number of carbonyl (C=O) groups excluding carboxylic acids is 1. The maximum Gasteiger partial charge on any atom is 0.349 e. The monoisotopic (exact) mass is 343 g/mol. The van der Waals surface area contributed by atoms with Gasteiger partial charge in [-0.05, 0) is 29.3 Å². The number of hydrogen-bond donors (Lipinski definition) is 0. The molecule has 3 rings (SSSR count). The second-order valence-electron chi connectivity index (χ2n) is 5.64. The van der Waals surface area contributed by atoms with Gasteiger partial charge in [0.25, 0.3) is 0 Å². The number of para-hydroxylation sites is 2. The number of benzene rings is 3. The van der Waals surface area contributed by atoms with E-state index in [4.69, 9.17) is 14.7 Å². The lowest BCUT2D eigenvalue weighted by atomic mass is 10.0. The summed E-state index contributed by atoms with van der Waals surface area (Å²) in [5.41, 5.74) is 2.43. The molecule has 4 heteroatoms. The van der Waals surface area contributed by atoms with Gasteiger partial charge in [0.1, 0.15) is 17.6 Å². The minimum Gasteiger partial charge on any atom is -0.481 e. The van der Waals surface area contributed by atoms with Crippen molar-refractivity contribution in [3.8, 4) is 17.6 Å². The summed E-state index contributed by atoms with van der Waals surface area (Å²) in [5, 5.41) is 9.05. The van der Waals surface area contributed by atoms with Crippen LogP contribution in [0.15, 0.2) is 78.9 Å². The van der Waals surface area contributed by atoms with E-state index in [9.17, 15) is 4.79 Å². The standard InChI is InChI=1S/C22H17NO3/c23-15-19-11-5-6-12-20(19)25-16-22(24)26-21-13-7-4-10-18(21)14-17-8-2-1-3-9-17/h1-13H,14,16H2. The third-order valence-corrected chi connectivity index (χ3v) is 3.79. The lowest BCUT2D eigenvalue weighted by Crippen LogP contribution is -2.18. The van der Waals surface area contributed by atoms with Crippen molar-refractivity contribution in [2.24, 2.45) is 0 Å². The fourth-order valence-corrected chi connectivity index (χ4v) is 2.54. The first-order valence-electron chi connectivity index (χ1n) is 8.20. The fraction of sp³-hybridized carbons (Fsp3) is 0.0909. The molecule has 0 heterocycles. The molecule has 0 aliphatic rings. The third-order valence-electron chi connectivity index (χ3n) is 3.79. The highest BCUT2D eigenvalue weighted by molar-refractivity contribution is 5.74. The van der Waals surface area contributed by atoms with Crippen LogP contribution in [0.1, 0.15) is 16.7 Å². The Bertz CT molecular complexity index is 929. The number of esters is 1. The fourth-order valence-electron chi connectivity index (χ4n) is 2.54. The molecule has 0 saturated carbocycles. The van der Waals surface area contributed by atoms with Crippen LogP contribution in [0.2, 0.25) is 0 Å². The number of nitriles is 1. The number of nitrogens with zero attached hydrogens (tertiary/aromatic N) is 1. The number of hydrogen-bond acceptors (Lipinski definition) is 4. The molecular formula is C22H17NO3. The molecule has 0 bridgehead atoms. The lowest BCUT2D eigenvalue weighted by Gasteiger charge is -2.11. The molecule has 26 heavy (non-hydrogen) atoms. The summed E-state index contributed by atoms with van der Waals surface area (Å²) < 4.78 is 10.9. The average Bonchev–Trinajstić information content (AvgIpc) is 2.69. The van der Waals surface area contributed by atoms with E-state index >= 15 is 0 Å². The summed E-state index contributed by atoms with van der Waals surface area (Å²) in [6.07, 6.45) is 0.669. The van der Waals surface area contributed by atoms with Gasteiger partial charge in [0, 0.05) is 6.42 Å². The van der Waals surface area contributed by atoms with E-state index in [1.54, 1.807) is 30.3 Å². The summed E-state index contributed by atoms with van der Waals surface area (Å²) in [6.45, 7) is -0.266. The molecule has 0 unspecified atom stereocenters. The normalized spacial score (nSPS) is 9.96. The van der Waals surface area contributed by atoms with Crippen molar-refractivity contribution in [1.82, 2.24) is 0 Å². The minimum absolute atomic E-state index is 0.266. The van der Waals surface area contributed by atoms with Gasteiger partial charge in [-0.3, -0.25) is 0 Å². The first-order chi connectivity index (χ1) is 12.8. The summed E-state index contributed by atoms with van der Waals surface area (Å²) in [7, 11) is 0. The van der Waals surface area contributed by atoms with Crippen LogP contribution in [-0.2, 0) is 11.2 Å². The Hall–Kier alpha value is -3.58. The summed E-state index contributed by atoms with van der Waals surface area (Å²) in [4.78, 5) is 12.2. The van der Waals surface area contributed by atoms with Crippen molar-refractivity contribution in [2.75, 3.05) is 6.61 Å². The molecule has 0 fully saturated rings. The van der Waals surface area contributed by atoms with Crippen molar-refractivity contribution >= 4 is 5.97 Å². The van der Waals surface area contributed by atoms with E-state index in [0.29, 0.717) is 23.5 Å². The van der Waals surface area contributed by atoms with Gasteiger partial charge in [0.2, 0.25) is 0 Å². The molecule has 128 valence electrons. The molecule has 0 amide bonds. The number of carbonyl (C=O) groups is 1. The van der Waals surface area contributed by atoms with E-state index in [-0.39, 0.29) is 6.61 Å². The highest BCUT2D eigenvalue weighted by Crippen LogP contribution is 2.22. The average molecular weight is 343 g/mol. The molecule has 0 aliphatic heterocycles. The van der Waals surface area contributed by atoms with Gasteiger partial charge in [0.15, 0.2) is 6.61 Å². The molecule has 0 spiro atoms. The largest absolute Gasteiger partial charge is 0.481 e. The summed E-state index contributed by atoms with van der Waals surface area (Å²) >= 11 is 0. The zero-order chi connectivity index (χ0) is 18.2. The Kier molecular flexibility index (Phi) is 5.64. The smallest absolute Gasteiger partial charge is 0.349 e. The zero-order valence-corrected chi connectivity index (χ0v) is 14.1. The van der Waals surface area contributed by atoms with E-state index < -0.39 is 5.97 Å². The summed E-state index contributed by atoms with van der Waals surface area (Å²) in [5.74, 6) is 0.362. The van der Waals surface area contributed by atoms with E-state index in [1.807, 2.05) is 54.6 Å². The topological polar surface area (TPSA) is 59.3 Å². The molecule has 0 aliphatic carbocycles. The van der Waals surface area contributed by atoms with Crippen LogP contribution in [0, 0.1) is 11.3 Å². The van der Waals surface area contributed by atoms with Crippen LogP contribution in [0.3, 0.4) is 0 Å². The van der Waals surface area contributed by atoms with Gasteiger partial charge in [-0.2, -0.15) is 5.26 Å². The molecular weight excluding hydrogens is 326 g/mol. The van der Waals surface area contributed by atoms with Crippen LogP contribution in [0.4, 0.5) is 0 Å². The molecule has 3 aromatic carbocycles. The Morgan fingerprint density at radius 1 is 0.846 bits per heavy atom. The van der Waals surface area contributed by atoms with Gasteiger partial charge in [-0.25, -0.2) is 4.79 Å². The van der Waals surface area contributed by atoms with Crippen LogP contribution >= 0.6 is 0 Å². The van der Waals surface area contributed by atoms with Gasteiger partial charge < -0.3 is 9.47 Å². The Morgan fingerprint density at radius 2 is 1.50 bits per heavy atom. The van der Waals surface area contributed by atoms with Crippen LogP contribution < -0.4 is 9.47 Å². The van der Waals surface area contributed by atoms with Gasteiger partial charge in [0.05, 0.1) is 5.56 Å². The molecule has 0 atom stereocenters. The highest BCUT2D eigenvalue weighted by Gasteiger charge is 2.11. The lowest BCUT2D eigenvalue weighted by molar-refractivity contribution is -0.136. The second-order valence-corrected chi connectivity index (χ2v) is 5.64. The van der Waals surface area contributed by atoms with Gasteiger partial charge >= 0.3 is 5.97 Å². The Balaban J connectivity index is 1.65. The Labute approximate surface area is 152 Å². The maximum atomic E-state index is 12.2. The SMILES string of the molecule is N#Cc1ccccc1OCC(=O)Oc1ccccc1Cc1ccccc1. The van der Waals surface area contributed by atoms with Crippen molar-refractivity contribution in [3.05, 3.63) is 95.6 Å². The van der Waals surface area contributed by atoms with Crippen molar-refractivity contribution in [2.45, 2.75) is 6.42 Å². The highest BCUT2D eigenvalue weighted by atomic mass is 16.6. The van der Waals surface area contributed by atoms with E-state index in [2.05, 4.69) is 0 Å². The van der Waals surface area contributed by atoms with Crippen LogP contribution in [0.5, 0.6) is 11.5 Å². The summed E-state index contributed by atoms with van der Waals surface area (Å²) in [6, 6.07) is 26.2. The molecule has 3 aromatic rings. The van der Waals surface area contributed by atoms with E-state index in [1.165, 1.54) is 0 Å². The second kappa shape index (κ2) is 8.50. The van der Waals surface area contributed by atoms with Crippen LogP contribution in [-0.4, -0.2) is 12.6 Å². The van der Waals surface area contributed by atoms with Gasteiger partial charge in [-0.15, -0.1) is 0 Å².